The second kappa shape index (κ2) is 9.40. The van der Waals surface area contributed by atoms with Gasteiger partial charge in [-0.25, -0.2) is 0 Å². The van der Waals surface area contributed by atoms with E-state index in [1.54, 1.807) is 0 Å². The Labute approximate surface area is 248 Å². The largest absolute Gasteiger partial charge is 0.481 e. The van der Waals surface area contributed by atoms with E-state index >= 15 is 0 Å². The molecule has 0 amide bonds. The zero-order valence-corrected chi connectivity index (χ0v) is 26.9. The molecule has 6 aliphatic rings. The number of allylic oxidation sites excluding steroid dienone is 2. The predicted molar refractivity (Wildman–Crippen MR) is 160 cm³/mol. The monoisotopic (exact) mass is 568 g/mol. The van der Waals surface area contributed by atoms with Crippen molar-refractivity contribution >= 4 is 11.8 Å². The van der Waals surface area contributed by atoms with Crippen molar-refractivity contribution in [1.29, 1.82) is 0 Å². The molecule has 5 nitrogen and oxygen atoms in total. The van der Waals surface area contributed by atoms with Crippen LogP contribution < -0.4 is 0 Å². The number of hydrogen-bond acceptors (Lipinski definition) is 4. The fourth-order valence-corrected chi connectivity index (χ4v) is 12.0. The molecular weight excluding hydrogens is 512 g/mol. The molecule has 0 aromatic rings. The topological polar surface area (TPSA) is 83.8 Å². The molecule has 2 N–H and O–H groups in total. The highest BCUT2D eigenvalue weighted by molar-refractivity contribution is 5.95. The molecule has 5 saturated carbocycles. The van der Waals surface area contributed by atoms with Crippen LogP contribution >= 0.6 is 0 Å². The van der Waals surface area contributed by atoms with E-state index in [4.69, 9.17) is 4.74 Å². The number of carbonyl (C=O) groups excluding carboxylic acids is 1. The summed E-state index contributed by atoms with van der Waals surface area (Å²) in [4.78, 5) is 26.9. The molecule has 0 aliphatic heterocycles. The maximum Gasteiger partial charge on any atom is 0.309 e. The standard InChI is InChI=1S/C36H56O5/c1-31(2)27-12-15-36(7)29(34(27,5)14-13-28(31)41-26-11-9-8-10-24(26)37)25(38)20-22-23-21-33(4,30(39)40)17-16-32(23,3)18-19-35(22,36)6/h20,23-24,26-29,37H,8-19,21H2,1-7H3,(H,39,40)/t23-,24-,26+,27?,28-,29+,32+,33?,34-,35+,36+/m0/s1. The lowest BCUT2D eigenvalue weighted by Crippen LogP contribution is -2.67. The highest BCUT2D eigenvalue weighted by Gasteiger charge is 2.70. The van der Waals surface area contributed by atoms with Gasteiger partial charge in [0.15, 0.2) is 5.78 Å². The SMILES string of the molecule is CC1(C(=O)O)CC[C@]2(C)CC[C@]3(C)C(=CC(=O)[C@@H]4[C@@]5(C)CC[C@H](O[C@@H]6CCCC[C@@H]6O)C(C)(C)C5CC[C@]43C)[C@@H]2C1. The number of rotatable bonds is 3. The van der Waals surface area contributed by atoms with E-state index in [1.807, 2.05) is 6.92 Å². The number of fused-ring (bicyclic) bond motifs is 7. The molecule has 0 aromatic carbocycles. The van der Waals surface area contributed by atoms with E-state index in [0.717, 1.165) is 77.0 Å². The summed E-state index contributed by atoms with van der Waals surface area (Å²) in [7, 11) is 0. The molecule has 0 bridgehead atoms. The first-order valence-electron chi connectivity index (χ1n) is 16.8. The molecule has 41 heavy (non-hydrogen) atoms. The summed E-state index contributed by atoms with van der Waals surface area (Å²) in [5.74, 6) is 0.132. The van der Waals surface area contributed by atoms with Gasteiger partial charge in [-0.3, -0.25) is 9.59 Å². The van der Waals surface area contributed by atoms with Crippen LogP contribution in [0.5, 0.6) is 0 Å². The van der Waals surface area contributed by atoms with Gasteiger partial charge in [0.1, 0.15) is 0 Å². The molecule has 0 radical (unpaired) electrons. The quantitative estimate of drug-likeness (QED) is 0.364. The first kappa shape index (κ1) is 29.9. The van der Waals surface area contributed by atoms with Crippen LogP contribution in [-0.4, -0.2) is 40.3 Å². The average molecular weight is 569 g/mol. The van der Waals surface area contributed by atoms with Crippen molar-refractivity contribution < 1.29 is 24.5 Å². The van der Waals surface area contributed by atoms with Crippen LogP contribution in [0.15, 0.2) is 11.6 Å². The van der Waals surface area contributed by atoms with Crippen LogP contribution in [0.4, 0.5) is 0 Å². The van der Waals surface area contributed by atoms with Crippen LogP contribution in [0.25, 0.3) is 0 Å². The van der Waals surface area contributed by atoms with Crippen molar-refractivity contribution in [3.05, 3.63) is 11.6 Å². The molecular formula is C36H56O5. The average Bonchev–Trinajstić information content (AvgIpc) is 2.89. The normalized spacial score (nSPS) is 52.8. The fraction of sp³-hybridized carbons (Fsp3) is 0.889. The molecule has 11 atom stereocenters. The van der Waals surface area contributed by atoms with Gasteiger partial charge in [0.25, 0.3) is 0 Å². The van der Waals surface area contributed by atoms with Gasteiger partial charge in [-0.15, -0.1) is 0 Å². The number of ketones is 1. The Morgan fingerprint density at radius 1 is 0.878 bits per heavy atom. The number of aliphatic carboxylic acids is 1. The lowest BCUT2D eigenvalue weighted by atomic mass is 9.33. The van der Waals surface area contributed by atoms with Crippen LogP contribution in [0.2, 0.25) is 0 Å². The van der Waals surface area contributed by atoms with E-state index < -0.39 is 11.4 Å². The second-order valence-corrected chi connectivity index (χ2v) is 17.4. The molecule has 0 heterocycles. The summed E-state index contributed by atoms with van der Waals surface area (Å²) in [5.41, 5.74) is 0.229. The number of carboxylic acids is 1. The smallest absolute Gasteiger partial charge is 0.309 e. The van der Waals surface area contributed by atoms with E-state index in [-0.39, 0.29) is 57.2 Å². The third kappa shape index (κ3) is 4.06. The van der Waals surface area contributed by atoms with E-state index in [1.165, 1.54) is 5.57 Å². The number of hydrogen-bond donors (Lipinski definition) is 2. The second-order valence-electron chi connectivity index (χ2n) is 17.4. The molecule has 6 aliphatic carbocycles. The minimum absolute atomic E-state index is 0.0261. The Balaban J connectivity index is 1.34. The van der Waals surface area contributed by atoms with Crippen LogP contribution in [-0.2, 0) is 14.3 Å². The highest BCUT2D eigenvalue weighted by Crippen LogP contribution is 2.75. The van der Waals surface area contributed by atoms with Crippen molar-refractivity contribution in [2.24, 2.45) is 50.2 Å². The molecule has 0 saturated heterocycles. The zero-order valence-electron chi connectivity index (χ0n) is 26.9. The Kier molecular flexibility index (Phi) is 6.84. The minimum Gasteiger partial charge on any atom is -0.481 e. The number of aliphatic hydroxyl groups is 1. The third-order valence-electron chi connectivity index (χ3n) is 15.0. The van der Waals surface area contributed by atoms with Gasteiger partial charge in [0.2, 0.25) is 0 Å². The first-order valence-corrected chi connectivity index (χ1v) is 16.8. The summed E-state index contributed by atoms with van der Waals surface area (Å²) in [6, 6.07) is 0. The zero-order chi connectivity index (χ0) is 29.8. The van der Waals surface area contributed by atoms with Crippen molar-refractivity contribution in [2.45, 2.75) is 150 Å². The lowest BCUT2D eigenvalue weighted by Gasteiger charge is -2.70. The van der Waals surface area contributed by atoms with Crippen LogP contribution in [0.1, 0.15) is 132 Å². The van der Waals surface area contributed by atoms with Crippen LogP contribution in [0, 0.1) is 50.2 Å². The third-order valence-corrected chi connectivity index (χ3v) is 15.0. The van der Waals surface area contributed by atoms with Gasteiger partial charge >= 0.3 is 5.97 Å². The maximum atomic E-state index is 14.6. The van der Waals surface area contributed by atoms with Crippen molar-refractivity contribution in [1.82, 2.24) is 0 Å². The lowest BCUT2D eigenvalue weighted by molar-refractivity contribution is -0.224. The predicted octanol–water partition coefficient (Wildman–Crippen LogP) is 7.74. The number of ether oxygens (including phenoxy) is 1. The van der Waals surface area contributed by atoms with E-state index in [0.29, 0.717) is 18.1 Å². The number of carbonyl (C=O) groups is 2. The first-order chi connectivity index (χ1) is 19.0. The minimum atomic E-state index is -0.720. The van der Waals surface area contributed by atoms with Crippen molar-refractivity contribution in [2.75, 3.05) is 0 Å². The molecule has 0 spiro atoms. The van der Waals surface area contributed by atoms with E-state index in [9.17, 15) is 19.8 Å². The fourth-order valence-electron chi connectivity index (χ4n) is 12.0. The Bertz CT molecular complexity index is 1140. The van der Waals surface area contributed by atoms with Gasteiger partial charge in [-0.2, -0.15) is 0 Å². The van der Waals surface area contributed by atoms with Gasteiger partial charge in [0.05, 0.1) is 23.7 Å². The summed E-state index contributed by atoms with van der Waals surface area (Å²) in [6.45, 7) is 16.3. The summed E-state index contributed by atoms with van der Waals surface area (Å²) >= 11 is 0. The Morgan fingerprint density at radius 3 is 2.24 bits per heavy atom. The van der Waals surface area contributed by atoms with Gasteiger partial charge in [-0.05, 0) is 123 Å². The summed E-state index contributed by atoms with van der Waals surface area (Å²) in [6.07, 6.45) is 14.3. The molecule has 230 valence electrons. The van der Waals surface area contributed by atoms with Crippen molar-refractivity contribution in [3.63, 3.8) is 0 Å². The molecule has 6 rings (SSSR count). The molecule has 0 aromatic heterocycles. The molecule has 5 fully saturated rings. The summed E-state index contributed by atoms with van der Waals surface area (Å²) < 4.78 is 6.76. The Hall–Kier alpha value is -1.20. The molecule has 5 heteroatoms. The Morgan fingerprint density at radius 2 is 1.56 bits per heavy atom. The van der Waals surface area contributed by atoms with Gasteiger partial charge in [0, 0.05) is 5.92 Å². The van der Waals surface area contributed by atoms with E-state index in [2.05, 4.69) is 47.6 Å². The maximum absolute atomic E-state index is 14.6. The van der Waals surface area contributed by atoms with Crippen LogP contribution in [0.3, 0.4) is 0 Å². The van der Waals surface area contributed by atoms with Crippen molar-refractivity contribution in [3.8, 4) is 0 Å². The highest BCUT2D eigenvalue weighted by atomic mass is 16.5. The van der Waals surface area contributed by atoms with Gasteiger partial charge < -0.3 is 14.9 Å². The number of carboxylic acid groups (broad SMARTS) is 1. The summed E-state index contributed by atoms with van der Waals surface area (Å²) in [5, 5.41) is 20.8. The molecule has 2 unspecified atom stereocenters. The van der Waals surface area contributed by atoms with Gasteiger partial charge in [-0.1, -0.05) is 60.0 Å². The number of aliphatic hydroxyl groups excluding tert-OH is 1.